The lowest BCUT2D eigenvalue weighted by Crippen LogP contribution is -2.27. The Bertz CT molecular complexity index is 371. The van der Waals surface area contributed by atoms with E-state index in [0.717, 1.165) is 18.7 Å². The van der Waals surface area contributed by atoms with Gasteiger partial charge in [-0.05, 0) is 6.42 Å². The van der Waals surface area contributed by atoms with E-state index >= 15 is 0 Å². The highest BCUT2D eigenvalue weighted by Crippen LogP contribution is 2.26. The molecule has 1 aromatic rings. The molecule has 2 atom stereocenters. The molecule has 1 fully saturated rings. The van der Waals surface area contributed by atoms with Crippen molar-refractivity contribution >= 4 is 5.91 Å². The molecule has 0 bridgehead atoms. The van der Waals surface area contributed by atoms with Gasteiger partial charge in [-0.15, -0.1) is 0 Å². The van der Waals surface area contributed by atoms with Gasteiger partial charge in [0.2, 0.25) is 5.91 Å². The molecule has 1 aliphatic heterocycles. The zero-order valence-corrected chi connectivity index (χ0v) is 9.00. The van der Waals surface area contributed by atoms with E-state index < -0.39 is 5.91 Å². The Morgan fingerprint density at radius 1 is 1.75 bits per heavy atom. The Balaban J connectivity index is 2.12. The van der Waals surface area contributed by atoms with Crippen LogP contribution in [0.2, 0.25) is 0 Å². The van der Waals surface area contributed by atoms with Crippen LogP contribution in [0.3, 0.4) is 0 Å². The van der Waals surface area contributed by atoms with Gasteiger partial charge in [0, 0.05) is 18.7 Å². The molecular formula is C10H16N4O2. The summed E-state index contributed by atoms with van der Waals surface area (Å²) >= 11 is 0. The van der Waals surface area contributed by atoms with Crippen LogP contribution in [0.1, 0.15) is 18.2 Å². The second-order valence-corrected chi connectivity index (χ2v) is 4.06. The van der Waals surface area contributed by atoms with Gasteiger partial charge in [-0.1, -0.05) is 0 Å². The predicted molar refractivity (Wildman–Crippen MR) is 57.3 cm³/mol. The number of nitrogens with zero attached hydrogens (tertiary/aromatic N) is 2. The van der Waals surface area contributed by atoms with Crippen LogP contribution in [0, 0.1) is 5.92 Å². The third-order valence-corrected chi connectivity index (χ3v) is 2.88. The number of imidazole rings is 1. The predicted octanol–water partition coefficient (Wildman–Crippen LogP) is -0.595. The molecule has 0 spiro atoms. The van der Waals surface area contributed by atoms with Crippen LogP contribution in [0.25, 0.3) is 0 Å². The van der Waals surface area contributed by atoms with Crippen molar-refractivity contribution in [3.05, 3.63) is 18.2 Å². The highest BCUT2D eigenvalue weighted by Gasteiger charge is 2.26. The maximum absolute atomic E-state index is 10.9. The van der Waals surface area contributed by atoms with Crippen molar-refractivity contribution in [2.24, 2.45) is 17.4 Å². The molecule has 0 aromatic carbocycles. The Morgan fingerprint density at radius 2 is 2.56 bits per heavy atom. The van der Waals surface area contributed by atoms with E-state index in [1.807, 2.05) is 0 Å². The highest BCUT2D eigenvalue weighted by molar-refractivity contribution is 5.73. The molecule has 0 aliphatic carbocycles. The summed E-state index contributed by atoms with van der Waals surface area (Å²) in [7, 11) is 0. The summed E-state index contributed by atoms with van der Waals surface area (Å²) in [6.07, 6.45) is 4.21. The average Bonchev–Trinajstić information content (AvgIpc) is 2.84. The van der Waals surface area contributed by atoms with Crippen LogP contribution in [0.4, 0.5) is 0 Å². The summed E-state index contributed by atoms with van der Waals surface area (Å²) in [5.74, 6) is -0.0996. The van der Waals surface area contributed by atoms with E-state index in [4.69, 9.17) is 16.2 Å². The smallest absolute Gasteiger partial charge is 0.237 e. The quantitative estimate of drug-likeness (QED) is 0.714. The van der Waals surface area contributed by atoms with Crippen LogP contribution in [0.15, 0.2) is 12.5 Å². The van der Waals surface area contributed by atoms with Gasteiger partial charge >= 0.3 is 0 Å². The lowest BCUT2D eigenvalue weighted by molar-refractivity contribution is -0.118. The number of hydrogen-bond acceptors (Lipinski definition) is 4. The van der Waals surface area contributed by atoms with Crippen LogP contribution in [-0.4, -0.2) is 28.7 Å². The first-order valence-electron chi connectivity index (χ1n) is 5.30. The maximum atomic E-state index is 10.9. The number of ether oxygens (including phenoxy) is 1. The fraction of sp³-hybridized carbons (Fsp3) is 0.600. The summed E-state index contributed by atoms with van der Waals surface area (Å²) in [6, 6.07) is -0.149. The second kappa shape index (κ2) is 4.63. The zero-order chi connectivity index (χ0) is 11.5. The molecule has 1 aromatic heterocycles. The lowest BCUT2D eigenvalue weighted by Gasteiger charge is -2.18. The van der Waals surface area contributed by atoms with E-state index in [2.05, 4.69) is 4.98 Å². The molecule has 6 heteroatoms. The molecular weight excluding hydrogens is 208 g/mol. The number of rotatable bonds is 4. The van der Waals surface area contributed by atoms with Crippen molar-refractivity contribution in [2.75, 3.05) is 13.2 Å². The van der Waals surface area contributed by atoms with Gasteiger partial charge in [-0.25, -0.2) is 4.98 Å². The Kier molecular flexibility index (Phi) is 3.21. The van der Waals surface area contributed by atoms with Gasteiger partial charge in [-0.2, -0.15) is 0 Å². The molecule has 6 nitrogen and oxygen atoms in total. The van der Waals surface area contributed by atoms with E-state index in [1.54, 1.807) is 17.1 Å². The van der Waals surface area contributed by atoms with Gasteiger partial charge in [0.25, 0.3) is 0 Å². The van der Waals surface area contributed by atoms with Crippen molar-refractivity contribution in [3.63, 3.8) is 0 Å². The van der Waals surface area contributed by atoms with E-state index in [-0.39, 0.29) is 12.6 Å². The summed E-state index contributed by atoms with van der Waals surface area (Å²) in [4.78, 5) is 14.9. The third-order valence-electron chi connectivity index (χ3n) is 2.88. The number of amides is 1. The second-order valence-electron chi connectivity index (χ2n) is 4.06. The molecule has 16 heavy (non-hydrogen) atoms. The SMILES string of the molecule is NC(=O)Cn1cncc1C(N)C1CCOC1. The molecule has 1 amide bonds. The summed E-state index contributed by atoms with van der Waals surface area (Å²) in [6.45, 7) is 1.54. The molecule has 2 rings (SSSR count). The molecule has 2 heterocycles. The maximum Gasteiger partial charge on any atom is 0.237 e. The zero-order valence-electron chi connectivity index (χ0n) is 9.00. The minimum Gasteiger partial charge on any atom is -0.381 e. The minimum absolute atomic E-state index is 0.122. The number of aromatic nitrogens is 2. The van der Waals surface area contributed by atoms with Crippen LogP contribution < -0.4 is 11.5 Å². The van der Waals surface area contributed by atoms with Crippen LogP contribution in [-0.2, 0) is 16.1 Å². The molecule has 4 N–H and O–H groups in total. The molecule has 1 saturated heterocycles. The van der Waals surface area contributed by atoms with Crippen molar-refractivity contribution in [1.29, 1.82) is 0 Å². The summed E-state index contributed by atoms with van der Waals surface area (Å²) < 4.78 is 7.00. The van der Waals surface area contributed by atoms with Crippen molar-refractivity contribution in [3.8, 4) is 0 Å². The van der Waals surface area contributed by atoms with Crippen LogP contribution >= 0.6 is 0 Å². The van der Waals surface area contributed by atoms with Gasteiger partial charge in [0.15, 0.2) is 0 Å². The summed E-state index contributed by atoms with van der Waals surface area (Å²) in [5, 5.41) is 0. The lowest BCUT2D eigenvalue weighted by atomic mass is 9.97. The van der Waals surface area contributed by atoms with Gasteiger partial charge in [0.05, 0.1) is 24.7 Å². The number of nitrogens with two attached hydrogens (primary N) is 2. The van der Waals surface area contributed by atoms with Crippen LogP contribution in [0.5, 0.6) is 0 Å². The average molecular weight is 224 g/mol. The topological polar surface area (TPSA) is 96.2 Å². The fourth-order valence-corrected chi connectivity index (χ4v) is 1.99. The molecule has 2 unspecified atom stereocenters. The number of carbonyl (C=O) groups excluding carboxylic acids is 1. The molecule has 0 radical (unpaired) electrons. The Hall–Kier alpha value is -1.40. The number of hydrogen-bond donors (Lipinski definition) is 2. The summed E-state index contributed by atoms with van der Waals surface area (Å²) in [5.41, 5.74) is 12.1. The third kappa shape index (κ3) is 2.23. The first-order valence-corrected chi connectivity index (χ1v) is 5.30. The first kappa shape index (κ1) is 11.1. The largest absolute Gasteiger partial charge is 0.381 e. The van der Waals surface area contributed by atoms with Gasteiger partial charge in [-0.3, -0.25) is 4.79 Å². The molecule has 88 valence electrons. The number of carbonyl (C=O) groups is 1. The van der Waals surface area contributed by atoms with Crippen molar-refractivity contribution in [2.45, 2.75) is 19.0 Å². The van der Waals surface area contributed by atoms with Crippen molar-refractivity contribution in [1.82, 2.24) is 9.55 Å². The number of primary amides is 1. The normalized spacial score (nSPS) is 22.2. The molecule has 0 saturated carbocycles. The van der Waals surface area contributed by atoms with Gasteiger partial charge in [0.1, 0.15) is 6.54 Å². The Labute approximate surface area is 93.6 Å². The van der Waals surface area contributed by atoms with E-state index in [1.165, 1.54) is 0 Å². The standard InChI is InChI=1S/C10H16N4O2/c11-9(15)4-14-6-13-3-8(14)10(12)7-1-2-16-5-7/h3,6-7,10H,1-2,4-5,12H2,(H2,11,15). The first-order chi connectivity index (χ1) is 7.68. The fourth-order valence-electron chi connectivity index (χ4n) is 1.99. The highest BCUT2D eigenvalue weighted by atomic mass is 16.5. The van der Waals surface area contributed by atoms with Gasteiger partial charge < -0.3 is 20.8 Å². The monoisotopic (exact) mass is 224 g/mol. The van der Waals surface area contributed by atoms with E-state index in [0.29, 0.717) is 12.5 Å². The minimum atomic E-state index is -0.394. The Morgan fingerprint density at radius 3 is 3.19 bits per heavy atom. The van der Waals surface area contributed by atoms with E-state index in [9.17, 15) is 4.79 Å². The molecule has 1 aliphatic rings. The van der Waals surface area contributed by atoms with Crippen molar-refractivity contribution < 1.29 is 9.53 Å².